The Morgan fingerprint density at radius 2 is 0.721 bits per heavy atom. The Bertz CT molecular complexity index is 995. The van der Waals surface area contributed by atoms with E-state index in [0.717, 1.165) is 6.66 Å². The van der Waals surface area contributed by atoms with Crippen LogP contribution < -0.4 is 5.30 Å². The third-order valence-corrected chi connectivity index (χ3v) is 6.37. The molecule has 0 aromatic heterocycles. The van der Waals surface area contributed by atoms with Crippen LogP contribution in [0.4, 0.5) is 0 Å². The summed E-state index contributed by atoms with van der Waals surface area (Å²) in [5, 5.41) is 7.95. The molecule has 0 aliphatic heterocycles. The number of hydrogen-bond donors (Lipinski definition) is 8. The molecule has 0 fully saturated rings. The summed E-state index contributed by atoms with van der Waals surface area (Å²) < 4.78 is 60.2. The van der Waals surface area contributed by atoms with Crippen LogP contribution >= 0.6 is 44.4 Å². The molecule has 0 heterocycles. The molecule has 22 heteroatoms. The van der Waals surface area contributed by atoms with Crippen LogP contribution in [0.15, 0.2) is 30.3 Å². The Morgan fingerprint density at radius 3 is 0.791 bits per heavy atom. The zero-order valence-electron chi connectivity index (χ0n) is 26.5. The fourth-order valence-corrected chi connectivity index (χ4v) is 1.18. The first-order valence-corrected chi connectivity index (χ1v) is 25.4. The van der Waals surface area contributed by atoms with Crippen molar-refractivity contribution in [3.05, 3.63) is 30.3 Å². The number of aliphatic hydroxyl groups excluding tert-OH is 1. The highest BCUT2D eigenvalue weighted by Crippen LogP contribution is 2.34. The van der Waals surface area contributed by atoms with Gasteiger partial charge in [-0.3, -0.25) is 27.4 Å². The third kappa shape index (κ3) is 128. The Morgan fingerprint density at radius 1 is 0.558 bits per heavy atom. The number of benzene rings is 1. The van der Waals surface area contributed by atoms with Gasteiger partial charge >= 0.3 is 13.7 Å². The molecule has 0 spiro atoms. The smallest absolute Gasteiger partial charge is 0.373 e. The lowest BCUT2D eigenvalue weighted by Gasteiger charge is -2.00. The minimum Gasteiger partial charge on any atom is -0.386 e. The minimum atomic E-state index is -4.02. The second-order valence-corrected chi connectivity index (χ2v) is 23.1. The lowest BCUT2D eigenvalue weighted by molar-refractivity contribution is -0.191. The fraction of sp³-hybridized carbons (Fsp3) is 0.667. The maximum atomic E-state index is 10.5. The molecule has 43 heavy (non-hydrogen) atoms. The largest absolute Gasteiger partial charge is 0.386 e. The fourth-order valence-electron chi connectivity index (χ4n) is 0.622. The predicted molar refractivity (Wildman–Crippen MR) is 173 cm³/mol. The molecule has 0 aliphatic rings. The Labute approximate surface area is 255 Å². The van der Waals surface area contributed by atoms with Crippen LogP contribution in [0.1, 0.15) is 27.7 Å². The molecule has 0 saturated carbocycles. The zero-order chi connectivity index (χ0) is 36.9. The van der Waals surface area contributed by atoms with Crippen LogP contribution in [-0.2, 0) is 37.0 Å². The highest BCUT2D eigenvalue weighted by Gasteiger charge is 2.14. The molecular formula is C21H52O16P6. The van der Waals surface area contributed by atoms with Crippen molar-refractivity contribution in [1.82, 2.24) is 0 Å². The van der Waals surface area contributed by atoms with Crippen molar-refractivity contribution >= 4 is 55.9 Å². The van der Waals surface area contributed by atoms with Gasteiger partial charge in [0.2, 0.25) is 7.37 Å². The van der Waals surface area contributed by atoms with E-state index in [1.165, 1.54) is 52.1 Å². The molecule has 0 saturated heterocycles. The Balaban J connectivity index is -0.0000000715. The van der Waals surface area contributed by atoms with Crippen molar-refractivity contribution in [3.8, 4) is 0 Å². The van der Waals surface area contributed by atoms with E-state index in [-0.39, 0.29) is 11.5 Å². The molecule has 0 bridgehead atoms. The summed E-state index contributed by atoms with van der Waals surface area (Å²) in [5.41, 5.74) is 0. The second-order valence-electron chi connectivity index (χ2n) is 8.48. The van der Waals surface area contributed by atoms with Gasteiger partial charge in [-0.2, -0.15) is 9.59 Å². The summed E-state index contributed by atoms with van der Waals surface area (Å²) >= 11 is 0. The van der Waals surface area contributed by atoms with Crippen molar-refractivity contribution in [2.45, 2.75) is 27.7 Å². The number of carbonyl (C=O) groups excluding carboxylic acids is 2. The average Bonchev–Trinajstić information content (AvgIpc) is 2.79. The van der Waals surface area contributed by atoms with Gasteiger partial charge in [-0.05, 0) is 12.1 Å². The van der Waals surface area contributed by atoms with Crippen molar-refractivity contribution in [2.75, 3.05) is 65.3 Å². The SMILES string of the molecule is CC.CCP(C)(=O)O.CCP(C)(=O)O.CP(=O)(O)CO.CP(C)(=O)O.CP(C)(=O)O.O=C=O.O=P(O)(O)c1ccccc1. The molecule has 1 aromatic carbocycles. The first-order valence-electron chi connectivity index (χ1n) is 11.8. The molecule has 1 aromatic rings. The highest BCUT2D eigenvalue weighted by molar-refractivity contribution is 7.60. The predicted octanol–water partition coefficient (Wildman–Crippen LogP) is 3.61. The number of hydrogen-bond acceptors (Lipinski definition) is 9. The van der Waals surface area contributed by atoms with E-state index in [0.29, 0.717) is 12.3 Å². The Hall–Kier alpha value is -0.340. The minimum absolute atomic E-state index is 0.0648. The van der Waals surface area contributed by atoms with E-state index in [9.17, 15) is 27.4 Å². The van der Waals surface area contributed by atoms with E-state index in [1.54, 1.807) is 32.0 Å². The molecule has 3 atom stereocenters. The molecule has 0 radical (unpaired) electrons. The van der Waals surface area contributed by atoms with E-state index < -0.39 is 50.8 Å². The van der Waals surface area contributed by atoms with Gasteiger partial charge in [0.1, 0.15) is 6.35 Å². The van der Waals surface area contributed by atoms with Gasteiger partial charge in [0.15, 0.2) is 29.5 Å². The molecule has 16 nitrogen and oxygen atoms in total. The molecule has 1 rings (SSSR count). The van der Waals surface area contributed by atoms with Gasteiger partial charge < -0.3 is 39.4 Å². The maximum Gasteiger partial charge on any atom is 0.373 e. The second kappa shape index (κ2) is 30.3. The molecule has 0 amide bonds. The van der Waals surface area contributed by atoms with Crippen molar-refractivity contribution in [1.29, 1.82) is 0 Å². The quantitative estimate of drug-likeness (QED) is 0.204. The van der Waals surface area contributed by atoms with Gasteiger partial charge in [-0.15, -0.1) is 0 Å². The van der Waals surface area contributed by atoms with E-state index in [4.69, 9.17) is 48.9 Å². The third-order valence-electron chi connectivity index (χ3n) is 2.53. The van der Waals surface area contributed by atoms with Crippen LogP contribution in [0.5, 0.6) is 0 Å². The van der Waals surface area contributed by atoms with Gasteiger partial charge in [-0.25, -0.2) is 0 Å². The van der Waals surface area contributed by atoms with Crippen LogP contribution in [0.25, 0.3) is 0 Å². The van der Waals surface area contributed by atoms with Crippen LogP contribution in [0.3, 0.4) is 0 Å². The van der Waals surface area contributed by atoms with E-state index in [1.807, 2.05) is 13.8 Å². The van der Waals surface area contributed by atoms with Crippen LogP contribution in [0.2, 0.25) is 0 Å². The van der Waals surface area contributed by atoms with Crippen molar-refractivity contribution in [3.63, 3.8) is 0 Å². The monoisotopic (exact) mass is 746 g/mol. The summed E-state index contributed by atoms with van der Waals surface area (Å²) in [6.07, 6.45) is 0.396. The first kappa shape index (κ1) is 58.2. The summed E-state index contributed by atoms with van der Waals surface area (Å²) in [6.45, 7) is 16.4. The van der Waals surface area contributed by atoms with Gasteiger partial charge in [0.25, 0.3) is 0 Å². The first-order chi connectivity index (χ1) is 18.7. The van der Waals surface area contributed by atoms with E-state index >= 15 is 0 Å². The average molecular weight is 746 g/mol. The van der Waals surface area contributed by atoms with Gasteiger partial charge in [0, 0.05) is 59.0 Å². The lowest BCUT2D eigenvalue weighted by atomic mass is 10.4. The highest BCUT2D eigenvalue weighted by atomic mass is 31.2. The van der Waals surface area contributed by atoms with Crippen LogP contribution in [-0.4, -0.2) is 111 Å². The van der Waals surface area contributed by atoms with Gasteiger partial charge in [-0.1, -0.05) is 45.9 Å². The summed E-state index contributed by atoms with van der Waals surface area (Å²) in [5.74, 6) is 0. The van der Waals surface area contributed by atoms with Crippen molar-refractivity contribution in [2.24, 2.45) is 0 Å². The standard InChI is InChI=1S/C6H7O3P.2C3H9O2P.C2H7O3P.2C2H7O2P.C2H6.CO2/c7-10(8,9)6-4-2-1-3-5-6;2*1-3-6(2,4)5;1-6(4,5)2-3;2*1-5(2,3)4;1-2;2-1-3/h1-5H,(H2,7,8,9);2*3H2,1-2H3,(H,4,5);3H,2H2,1H3,(H,4,5);2*1-2H3,(H,3,4);1-2H3;. The number of rotatable bonds is 4. The number of aliphatic hydroxyl groups is 1. The van der Waals surface area contributed by atoms with Crippen LogP contribution in [0, 0.1) is 0 Å². The van der Waals surface area contributed by atoms with E-state index in [2.05, 4.69) is 0 Å². The Kier molecular flexibility index (Phi) is 41.1. The zero-order valence-corrected chi connectivity index (χ0v) is 31.9. The summed E-state index contributed by atoms with van der Waals surface area (Å²) in [4.78, 5) is 74.5. The maximum absolute atomic E-state index is 10.5. The summed E-state index contributed by atoms with van der Waals surface area (Å²) in [6, 6.07) is 7.70. The lowest BCUT2D eigenvalue weighted by Crippen LogP contribution is -2.01. The molecule has 3 unspecified atom stereocenters. The normalized spacial score (nSPS) is 14.0. The topological polar surface area (TPSA) is 298 Å². The molecule has 0 aliphatic carbocycles. The molecule has 8 N–H and O–H groups in total. The summed E-state index contributed by atoms with van der Waals surface area (Å²) in [7, 11) is -17.7. The van der Waals surface area contributed by atoms with Gasteiger partial charge in [0.05, 0.1) is 5.30 Å². The molecule has 262 valence electrons. The molecular weight excluding hydrogens is 694 g/mol. The van der Waals surface area contributed by atoms with Crippen molar-refractivity contribution < 1.29 is 76.3 Å².